The fourth-order valence-electron chi connectivity index (χ4n) is 3.57. The SMILES string of the molecule is Cc1nn(-c2ccccc2)cc1CCCNC(=O)CN1CCCCCCC1=O. The maximum Gasteiger partial charge on any atom is 0.239 e. The van der Waals surface area contributed by atoms with Crippen LogP contribution in [0.5, 0.6) is 0 Å². The van der Waals surface area contributed by atoms with E-state index >= 15 is 0 Å². The summed E-state index contributed by atoms with van der Waals surface area (Å²) in [6.45, 7) is 3.51. The fourth-order valence-corrected chi connectivity index (χ4v) is 3.57. The number of amides is 2. The van der Waals surface area contributed by atoms with Crippen LogP contribution in [0.15, 0.2) is 36.5 Å². The first-order valence-electron chi connectivity index (χ1n) is 10.3. The van der Waals surface area contributed by atoms with Crippen molar-refractivity contribution in [2.75, 3.05) is 19.6 Å². The molecule has 2 amide bonds. The highest BCUT2D eigenvalue weighted by Gasteiger charge is 2.18. The van der Waals surface area contributed by atoms with Crippen LogP contribution in [0.1, 0.15) is 49.8 Å². The molecule has 0 bridgehead atoms. The topological polar surface area (TPSA) is 67.2 Å². The second-order valence-corrected chi connectivity index (χ2v) is 7.45. The lowest BCUT2D eigenvalue weighted by Crippen LogP contribution is -2.41. The minimum atomic E-state index is -0.0642. The van der Waals surface area contributed by atoms with E-state index in [0.717, 1.165) is 49.9 Å². The number of carbonyl (C=O) groups is 2. The number of aromatic nitrogens is 2. The van der Waals surface area contributed by atoms with Crippen molar-refractivity contribution in [3.8, 4) is 5.69 Å². The summed E-state index contributed by atoms with van der Waals surface area (Å²) in [4.78, 5) is 26.0. The van der Waals surface area contributed by atoms with Gasteiger partial charge in [-0.3, -0.25) is 9.59 Å². The zero-order chi connectivity index (χ0) is 19.8. The van der Waals surface area contributed by atoms with Crippen LogP contribution in [0.25, 0.3) is 5.69 Å². The van der Waals surface area contributed by atoms with Gasteiger partial charge >= 0.3 is 0 Å². The quantitative estimate of drug-likeness (QED) is 0.749. The molecule has 1 aromatic heterocycles. The van der Waals surface area contributed by atoms with Crippen molar-refractivity contribution in [2.24, 2.45) is 0 Å². The van der Waals surface area contributed by atoms with Crippen LogP contribution in [0.3, 0.4) is 0 Å². The molecule has 1 fully saturated rings. The Kier molecular flexibility index (Phi) is 7.23. The fraction of sp³-hybridized carbons (Fsp3) is 0.500. The molecule has 1 N–H and O–H groups in total. The van der Waals surface area contributed by atoms with Gasteiger partial charge in [0.1, 0.15) is 0 Å². The molecule has 2 aromatic rings. The summed E-state index contributed by atoms with van der Waals surface area (Å²) in [6, 6.07) is 10.0. The maximum atomic E-state index is 12.2. The maximum absolute atomic E-state index is 12.2. The van der Waals surface area contributed by atoms with Crippen LogP contribution >= 0.6 is 0 Å². The van der Waals surface area contributed by atoms with Crippen molar-refractivity contribution >= 4 is 11.8 Å². The molecule has 6 heteroatoms. The Hall–Kier alpha value is -2.63. The molecule has 0 aliphatic carbocycles. The van der Waals surface area contributed by atoms with E-state index in [4.69, 9.17) is 0 Å². The van der Waals surface area contributed by atoms with Crippen LogP contribution < -0.4 is 5.32 Å². The van der Waals surface area contributed by atoms with Gasteiger partial charge in [0.05, 0.1) is 17.9 Å². The number of rotatable bonds is 7. The van der Waals surface area contributed by atoms with E-state index in [2.05, 4.69) is 16.6 Å². The van der Waals surface area contributed by atoms with Crippen molar-refractivity contribution in [1.29, 1.82) is 0 Å². The number of aryl methyl sites for hydroxylation is 2. The Morgan fingerprint density at radius 2 is 1.93 bits per heavy atom. The van der Waals surface area contributed by atoms with Crippen LogP contribution in [0.2, 0.25) is 0 Å². The Morgan fingerprint density at radius 1 is 1.14 bits per heavy atom. The minimum absolute atomic E-state index is 0.0642. The highest BCUT2D eigenvalue weighted by molar-refractivity contribution is 5.84. The summed E-state index contributed by atoms with van der Waals surface area (Å²) >= 11 is 0. The van der Waals surface area contributed by atoms with E-state index in [9.17, 15) is 9.59 Å². The van der Waals surface area contributed by atoms with Gasteiger partial charge < -0.3 is 10.2 Å². The second kappa shape index (κ2) is 10.1. The molecule has 1 saturated heterocycles. The normalized spacial score (nSPS) is 15.2. The average molecular weight is 383 g/mol. The summed E-state index contributed by atoms with van der Waals surface area (Å²) < 4.78 is 1.90. The molecule has 0 saturated carbocycles. The summed E-state index contributed by atoms with van der Waals surface area (Å²) in [5.74, 6) is 0.0458. The monoisotopic (exact) mass is 382 g/mol. The van der Waals surface area contributed by atoms with Gasteiger partial charge in [0.15, 0.2) is 0 Å². The lowest BCUT2D eigenvalue weighted by Gasteiger charge is -2.24. The van der Waals surface area contributed by atoms with Gasteiger partial charge in [0, 0.05) is 25.7 Å². The van der Waals surface area contributed by atoms with Crippen LogP contribution in [-0.2, 0) is 16.0 Å². The molecule has 28 heavy (non-hydrogen) atoms. The van der Waals surface area contributed by atoms with Crippen molar-refractivity contribution in [3.63, 3.8) is 0 Å². The van der Waals surface area contributed by atoms with Crippen molar-refractivity contribution < 1.29 is 9.59 Å². The minimum Gasteiger partial charge on any atom is -0.355 e. The Balaban J connectivity index is 1.42. The smallest absolute Gasteiger partial charge is 0.239 e. The first-order valence-corrected chi connectivity index (χ1v) is 10.3. The highest BCUT2D eigenvalue weighted by Crippen LogP contribution is 2.13. The van der Waals surface area contributed by atoms with Gasteiger partial charge in [-0.1, -0.05) is 31.0 Å². The Morgan fingerprint density at radius 3 is 2.75 bits per heavy atom. The van der Waals surface area contributed by atoms with E-state index in [-0.39, 0.29) is 18.4 Å². The largest absolute Gasteiger partial charge is 0.355 e. The molecule has 6 nitrogen and oxygen atoms in total. The summed E-state index contributed by atoms with van der Waals surface area (Å²) in [7, 11) is 0. The molecule has 150 valence electrons. The molecule has 0 atom stereocenters. The van der Waals surface area contributed by atoms with Crippen LogP contribution in [0.4, 0.5) is 0 Å². The molecule has 1 aliphatic rings. The molecule has 2 heterocycles. The van der Waals surface area contributed by atoms with Crippen molar-refractivity contribution in [1.82, 2.24) is 20.0 Å². The predicted molar refractivity (Wildman–Crippen MR) is 109 cm³/mol. The predicted octanol–water partition coefficient (Wildman–Crippen LogP) is 3.02. The first kappa shape index (κ1) is 20.1. The van der Waals surface area contributed by atoms with E-state index in [0.29, 0.717) is 19.5 Å². The van der Waals surface area contributed by atoms with Gasteiger partial charge in [0.25, 0.3) is 0 Å². The molecular weight excluding hydrogens is 352 g/mol. The number of hydrogen-bond acceptors (Lipinski definition) is 3. The zero-order valence-electron chi connectivity index (χ0n) is 16.7. The lowest BCUT2D eigenvalue weighted by atomic mass is 10.1. The van der Waals surface area contributed by atoms with E-state index in [1.165, 1.54) is 5.56 Å². The molecule has 0 spiro atoms. The van der Waals surface area contributed by atoms with Gasteiger partial charge in [-0.25, -0.2) is 4.68 Å². The average Bonchev–Trinajstić information content (AvgIpc) is 3.06. The summed E-state index contributed by atoms with van der Waals surface area (Å²) in [5.41, 5.74) is 3.25. The summed E-state index contributed by atoms with van der Waals surface area (Å²) in [6.07, 6.45) is 8.52. The van der Waals surface area contributed by atoms with E-state index in [1.807, 2.05) is 41.9 Å². The third-order valence-corrected chi connectivity index (χ3v) is 5.22. The number of nitrogens with one attached hydrogen (secondary N) is 1. The number of carbonyl (C=O) groups excluding carboxylic acids is 2. The molecule has 0 radical (unpaired) electrons. The van der Waals surface area contributed by atoms with Crippen molar-refractivity contribution in [2.45, 2.75) is 51.9 Å². The van der Waals surface area contributed by atoms with Gasteiger partial charge in [0.2, 0.25) is 11.8 Å². The zero-order valence-corrected chi connectivity index (χ0v) is 16.7. The standard InChI is InChI=1S/C22H30N4O2/c1-18-19(16-26(24-18)20-11-5-4-6-12-20)10-9-14-23-21(27)17-25-15-8-3-2-7-13-22(25)28/h4-6,11-12,16H,2-3,7-10,13-15,17H2,1H3,(H,23,27). The van der Waals surface area contributed by atoms with E-state index < -0.39 is 0 Å². The lowest BCUT2D eigenvalue weighted by molar-refractivity contribution is -0.136. The van der Waals surface area contributed by atoms with Gasteiger partial charge in [-0.15, -0.1) is 0 Å². The Bertz CT molecular complexity index is 785. The molecule has 3 rings (SSSR count). The molecular formula is C22H30N4O2. The number of para-hydroxylation sites is 1. The van der Waals surface area contributed by atoms with Crippen LogP contribution in [0, 0.1) is 6.92 Å². The van der Waals surface area contributed by atoms with Gasteiger partial charge in [-0.2, -0.15) is 5.10 Å². The number of hydrogen-bond donors (Lipinski definition) is 1. The van der Waals surface area contributed by atoms with Crippen LogP contribution in [-0.4, -0.2) is 46.1 Å². The number of likely N-dealkylation sites (tertiary alicyclic amines) is 1. The highest BCUT2D eigenvalue weighted by atomic mass is 16.2. The summed E-state index contributed by atoms with van der Waals surface area (Å²) in [5, 5.41) is 7.54. The van der Waals surface area contributed by atoms with Gasteiger partial charge in [-0.05, 0) is 50.3 Å². The number of nitrogens with zero attached hydrogens (tertiary/aromatic N) is 3. The van der Waals surface area contributed by atoms with E-state index in [1.54, 1.807) is 4.90 Å². The number of benzene rings is 1. The Labute approximate surface area is 166 Å². The third kappa shape index (κ3) is 5.68. The molecule has 1 aliphatic heterocycles. The van der Waals surface area contributed by atoms with Crippen molar-refractivity contribution in [3.05, 3.63) is 47.8 Å². The second-order valence-electron chi connectivity index (χ2n) is 7.45. The molecule has 1 aromatic carbocycles. The molecule has 0 unspecified atom stereocenters. The third-order valence-electron chi connectivity index (χ3n) is 5.22. The first-order chi connectivity index (χ1) is 13.6.